The van der Waals surface area contributed by atoms with Gasteiger partial charge in [0.1, 0.15) is 18.2 Å². The minimum Gasteiger partial charge on any atom is -0.384 e. The molecular weight excluding hydrogens is 231 g/mol. The van der Waals surface area contributed by atoms with Gasteiger partial charge in [-0.05, 0) is 24.6 Å². The van der Waals surface area contributed by atoms with Gasteiger partial charge in [0.05, 0.1) is 0 Å². The Morgan fingerprint density at radius 1 is 1.44 bits per heavy atom. The molecule has 0 aliphatic rings. The number of hydrogen-bond donors (Lipinski definition) is 1. The maximum atomic E-state index is 13.2. The lowest BCUT2D eigenvalue weighted by Crippen LogP contribution is -2.03. The Bertz CT molecular complexity index is 608. The van der Waals surface area contributed by atoms with Crippen molar-refractivity contribution < 1.29 is 9.50 Å². The average Bonchev–Trinajstić information content (AvgIpc) is 2.75. The molecular formula is C14H13FN2O. The molecule has 1 aromatic carbocycles. The Labute approximate surface area is 105 Å². The van der Waals surface area contributed by atoms with Crippen LogP contribution in [0.2, 0.25) is 0 Å². The van der Waals surface area contributed by atoms with E-state index >= 15 is 0 Å². The van der Waals surface area contributed by atoms with Gasteiger partial charge in [-0.3, -0.25) is 0 Å². The fourth-order valence-corrected chi connectivity index (χ4v) is 1.69. The van der Waals surface area contributed by atoms with Crippen molar-refractivity contribution in [3.05, 3.63) is 53.4 Å². The first-order valence-corrected chi connectivity index (χ1v) is 5.56. The Morgan fingerprint density at radius 3 is 2.94 bits per heavy atom. The molecule has 92 valence electrons. The molecule has 0 atom stereocenters. The third-order valence-corrected chi connectivity index (χ3v) is 2.64. The van der Waals surface area contributed by atoms with E-state index in [2.05, 4.69) is 16.8 Å². The van der Waals surface area contributed by atoms with Crippen LogP contribution in [0, 0.1) is 24.6 Å². The summed E-state index contributed by atoms with van der Waals surface area (Å²) in [6.45, 7) is 2.25. The topological polar surface area (TPSA) is 38.0 Å². The maximum absolute atomic E-state index is 13.2. The number of nitrogens with zero attached hydrogens (tertiary/aromatic N) is 2. The first kappa shape index (κ1) is 12.3. The van der Waals surface area contributed by atoms with Crippen LogP contribution in [0.1, 0.15) is 17.0 Å². The van der Waals surface area contributed by atoms with Crippen molar-refractivity contribution in [1.82, 2.24) is 9.55 Å². The highest BCUT2D eigenvalue weighted by Crippen LogP contribution is 2.13. The molecule has 0 radical (unpaired) electrons. The van der Waals surface area contributed by atoms with Gasteiger partial charge in [0.15, 0.2) is 0 Å². The summed E-state index contributed by atoms with van der Waals surface area (Å²) in [5, 5.41) is 8.71. The van der Waals surface area contributed by atoms with Crippen LogP contribution in [-0.2, 0) is 6.54 Å². The number of aromatic nitrogens is 2. The van der Waals surface area contributed by atoms with E-state index in [1.54, 1.807) is 12.3 Å². The van der Waals surface area contributed by atoms with Gasteiger partial charge in [-0.1, -0.05) is 17.9 Å². The van der Waals surface area contributed by atoms with E-state index < -0.39 is 0 Å². The molecule has 1 heterocycles. The van der Waals surface area contributed by atoms with E-state index in [0.29, 0.717) is 12.1 Å². The minimum atomic E-state index is -0.330. The van der Waals surface area contributed by atoms with Crippen LogP contribution in [0.5, 0.6) is 0 Å². The predicted octanol–water partition coefficient (Wildman–Crippen LogP) is 1.72. The lowest BCUT2D eigenvalue weighted by atomic mass is 10.1. The number of aliphatic hydroxyl groups is 1. The van der Waals surface area contributed by atoms with Crippen LogP contribution in [0.15, 0.2) is 30.6 Å². The summed E-state index contributed by atoms with van der Waals surface area (Å²) in [5.74, 6) is 5.86. The van der Waals surface area contributed by atoms with Crippen molar-refractivity contribution in [2.24, 2.45) is 0 Å². The summed E-state index contributed by atoms with van der Waals surface area (Å²) in [7, 11) is 0. The van der Waals surface area contributed by atoms with E-state index in [0.717, 1.165) is 11.4 Å². The quantitative estimate of drug-likeness (QED) is 0.817. The second kappa shape index (κ2) is 5.48. The van der Waals surface area contributed by atoms with Gasteiger partial charge in [-0.15, -0.1) is 0 Å². The van der Waals surface area contributed by atoms with Gasteiger partial charge in [-0.25, -0.2) is 9.37 Å². The average molecular weight is 244 g/mol. The first-order valence-electron chi connectivity index (χ1n) is 5.56. The highest BCUT2D eigenvalue weighted by Gasteiger charge is 2.04. The number of aliphatic hydroxyl groups excluding tert-OH is 1. The second-order valence-electron chi connectivity index (χ2n) is 3.86. The third kappa shape index (κ3) is 2.76. The van der Waals surface area contributed by atoms with Gasteiger partial charge in [0, 0.05) is 24.5 Å². The zero-order valence-corrected chi connectivity index (χ0v) is 10.0. The maximum Gasteiger partial charge on any atom is 0.124 e. The molecule has 2 aromatic rings. The lowest BCUT2D eigenvalue weighted by molar-refractivity contribution is 0.350. The van der Waals surface area contributed by atoms with E-state index in [1.165, 1.54) is 12.1 Å². The number of rotatable bonds is 2. The smallest absolute Gasteiger partial charge is 0.124 e. The normalized spacial score (nSPS) is 9.94. The SMILES string of the molecule is Cc1nccn1Cc1ccc(F)cc1C#CCO. The Hall–Kier alpha value is -2.12. The minimum absolute atomic E-state index is 0.236. The number of imidazole rings is 1. The van der Waals surface area contributed by atoms with Crippen LogP contribution in [0.3, 0.4) is 0 Å². The Balaban J connectivity index is 2.35. The molecule has 18 heavy (non-hydrogen) atoms. The molecule has 3 nitrogen and oxygen atoms in total. The molecule has 0 amide bonds. The predicted molar refractivity (Wildman–Crippen MR) is 66.4 cm³/mol. The molecule has 0 bridgehead atoms. The fourth-order valence-electron chi connectivity index (χ4n) is 1.69. The molecule has 0 aliphatic carbocycles. The van der Waals surface area contributed by atoms with Crippen LogP contribution >= 0.6 is 0 Å². The summed E-state index contributed by atoms with van der Waals surface area (Å²) in [5.41, 5.74) is 1.50. The van der Waals surface area contributed by atoms with Crippen LogP contribution in [0.4, 0.5) is 4.39 Å². The largest absolute Gasteiger partial charge is 0.384 e. The molecule has 0 saturated carbocycles. The summed E-state index contributed by atoms with van der Waals surface area (Å²) < 4.78 is 15.1. The second-order valence-corrected chi connectivity index (χ2v) is 3.86. The van der Waals surface area contributed by atoms with Crippen molar-refractivity contribution in [3.63, 3.8) is 0 Å². The first-order chi connectivity index (χ1) is 8.70. The molecule has 0 saturated heterocycles. The van der Waals surface area contributed by atoms with Crippen molar-refractivity contribution in [1.29, 1.82) is 0 Å². The van der Waals surface area contributed by atoms with Crippen molar-refractivity contribution in [2.45, 2.75) is 13.5 Å². The van der Waals surface area contributed by atoms with Gasteiger partial charge < -0.3 is 9.67 Å². The van der Waals surface area contributed by atoms with Gasteiger partial charge >= 0.3 is 0 Å². The molecule has 4 heteroatoms. The van der Waals surface area contributed by atoms with E-state index in [-0.39, 0.29) is 12.4 Å². The summed E-state index contributed by atoms with van der Waals surface area (Å²) in [4.78, 5) is 4.14. The standard InChI is InChI=1S/C14H13FN2O/c1-11-16-6-7-17(11)10-13-4-5-14(15)9-12(13)3-2-8-18/h4-7,9,18H,8,10H2,1H3. The molecule has 0 aliphatic heterocycles. The zero-order chi connectivity index (χ0) is 13.0. The van der Waals surface area contributed by atoms with Crippen LogP contribution in [0.25, 0.3) is 0 Å². The molecule has 2 rings (SSSR count). The lowest BCUT2D eigenvalue weighted by Gasteiger charge is -2.07. The van der Waals surface area contributed by atoms with Crippen LogP contribution in [-0.4, -0.2) is 21.3 Å². The number of benzene rings is 1. The Morgan fingerprint density at radius 2 is 2.28 bits per heavy atom. The molecule has 1 N–H and O–H groups in total. The van der Waals surface area contributed by atoms with Gasteiger partial charge in [-0.2, -0.15) is 0 Å². The number of halogens is 1. The van der Waals surface area contributed by atoms with Crippen molar-refractivity contribution >= 4 is 0 Å². The van der Waals surface area contributed by atoms with E-state index in [4.69, 9.17) is 5.11 Å². The highest BCUT2D eigenvalue weighted by molar-refractivity contribution is 5.42. The summed E-state index contributed by atoms with van der Waals surface area (Å²) in [6.07, 6.45) is 3.58. The fraction of sp³-hybridized carbons (Fsp3) is 0.214. The number of hydrogen-bond acceptors (Lipinski definition) is 2. The molecule has 0 unspecified atom stereocenters. The zero-order valence-electron chi connectivity index (χ0n) is 10.0. The van der Waals surface area contributed by atoms with Gasteiger partial charge in [0.25, 0.3) is 0 Å². The monoisotopic (exact) mass is 244 g/mol. The van der Waals surface area contributed by atoms with Crippen LogP contribution < -0.4 is 0 Å². The van der Waals surface area contributed by atoms with Gasteiger partial charge in [0.2, 0.25) is 0 Å². The summed E-state index contributed by atoms with van der Waals surface area (Å²) in [6, 6.07) is 4.49. The van der Waals surface area contributed by atoms with Crippen molar-refractivity contribution in [3.8, 4) is 11.8 Å². The van der Waals surface area contributed by atoms with E-state index in [9.17, 15) is 4.39 Å². The molecule has 0 fully saturated rings. The third-order valence-electron chi connectivity index (χ3n) is 2.64. The number of aryl methyl sites for hydroxylation is 1. The van der Waals surface area contributed by atoms with E-state index in [1.807, 2.05) is 17.7 Å². The Kier molecular flexibility index (Phi) is 3.75. The molecule has 0 spiro atoms. The highest BCUT2D eigenvalue weighted by atomic mass is 19.1. The summed E-state index contributed by atoms with van der Waals surface area (Å²) >= 11 is 0. The molecule has 1 aromatic heterocycles. The van der Waals surface area contributed by atoms with Crippen molar-refractivity contribution in [2.75, 3.05) is 6.61 Å².